The van der Waals surface area contributed by atoms with Gasteiger partial charge in [-0.3, -0.25) is 14.6 Å². The number of carbonyl (C=O) groups excluding carboxylic acids is 3. The van der Waals surface area contributed by atoms with E-state index in [0.29, 0.717) is 16.8 Å². The molecule has 6 heteroatoms. The van der Waals surface area contributed by atoms with Crippen LogP contribution in [-0.2, 0) is 9.53 Å². The Morgan fingerprint density at radius 3 is 2.12 bits per heavy atom. The van der Waals surface area contributed by atoms with Crippen LogP contribution in [-0.4, -0.2) is 28.7 Å². The lowest BCUT2D eigenvalue weighted by Gasteiger charge is -2.13. The summed E-state index contributed by atoms with van der Waals surface area (Å²) in [6.45, 7) is 6.93. The summed E-state index contributed by atoms with van der Waals surface area (Å²) in [7, 11) is 0. The third kappa shape index (κ3) is 4.99. The van der Waals surface area contributed by atoms with Crippen LogP contribution in [0.4, 0.5) is 5.69 Å². The van der Waals surface area contributed by atoms with Crippen molar-refractivity contribution in [3.05, 3.63) is 59.4 Å². The van der Waals surface area contributed by atoms with Gasteiger partial charge in [-0.05, 0) is 50.2 Å². The molecule has 1 aromatic carbocycles. The molecule has 1 unspecified atom stereocenters. The molecule has 0 spiro atoms. The number of hydrogen-bond donors (Lipinski definition) is 1. The summed E-state index contributed by atoms with van der Waals surface area (Å²) in [5.41, 5.74) is 2.09. The number of carbonyl (C=O) groups is 3. The maximum Gasteiger partial charge on any atom is 0.340 e. The standard InChI is InChI=1S/C20H22N2O4/c1-12(2)19(24)22-17-9-7-15(8-10-17)18(23)14(4)26-20(25)16-6-5-13(3)21-11-16/h5-12,14H,1-4H3,(H,22,24). The Labute approximate surface area is 152 Å². The van der Waals surface area contributed by atoms with Gasteiger partial charge in [-0.15, -0.1) is 0 Å². The number of benzene rings is 1. The van der Waals surface area contributed by atoms with Crippen LogP contribution in [0.2, 0.25) is 0 Å². The van der Waals surface area contributed by atoms with E-state index < -0.39 is 12.1 Å². The molecule has 1 amide bonds. The molecule has 136 valence electrons. The fourth-order valence-corrected chi connectivity index (χ4v) is 2.11. The van der Waals surface area contributed by atoms with Gasteiger partial charge in [0.05, 0.1) is 5.56 Å². The van der Waals surface area contributed by atoms with Crippen molar-refractivity contribution in [1.29, 1.82) is 0 Å². The van der Waals surface area contributed by atoms with Gasteiger partial charge in [-0.25, -0.2) is 4.79 Å². The average molecular weight is 354 g/mol. The number of hydrogen-bond acceptors (Lipinski definition) is 5. The van der Waals surface area contributed by atoms with Crippen LogP contribution in [0, 0.1) is 12.8 Å². The number of rotatable bonds is 6. The second kappa shape index (κ2) is 8.38. The first-order valence-electron chi connectivity index (χ1n) is 8.36. The maximum atomic E-state index is 12.4. The number of Topliss-reactive ketones (excluding diaryl/α,β-unsaturated/α-hetero) is 1. The van der Waals surface area contributed by atoms with E-state index in [0.717, 1.165) is 5.69 Å². The molecule has 0 saturated carbocycles. The fraction of sp³-hybridized carbons (Fsp3) is 0.300. The highest BCUT2D eigenvalue weighted by Gasteiger charge is 2.20. The Kier molecular flexibility index (Phi) is 6.22. The lowest BCUT2D eigenvalue weighted by atomic mass is 10.1. The molecular formula is C20H22N2O4. The van der Waals surface area contributed by atoms with Gasteiger partial charge in [0.15, 0.2) is 6.10 Å². The molecule has 1 atom stereocenters. The van der Waals surface area contributed by atoms with Gasteiger partial charge in [0.2, 0.25) is 11.7 Å². The summed E-state index contributed by atoms with van der Waals surface area (Å²) in [5.74, 6) is -1.15. The lowest BCUT2D eigenvalue weighted by molar-refractivity contribution is -0.118. The lowest BCUT2D eigenvalue weighted by Crippen LogP contribution is -2.24. The summed E-state index contributed by atoms with van der Waals surface area (Å²) >= 11 is 0. The van der Waals surface area contributed by atoms with Crippen LogP contribution >= 0.6 is 0 Å². The topological polar surface area (TPSA) is 85.4 Å². The Bertz CT molecular complexity index is 796. The van der Waals surface area contributed by atoms with Gasteiger partial charge in [-0.1, -0.05) is 13.8 Å². The second-order valence-corrected chi connectivity index (χ2v) is 6.32. The molecule has 1 N–H and O–H groups in total. The van der Waals surface area contributed by atoms with Crippen molar-refractivity contribution in [2.45, 2.75) is 33.8 Å². The summed E-state index contributed by atoms with van der Waals surface area (Å²) < 4.78 is 5.22. The molecule has 1 aromatic heterocycles. The number of aryl methyl sites for hydroxylation is 1. The predicted octanol–water partition coefficient (Wildman–Crippen LogP) is 3.41. The summed E-state index contributed by atoms with van der Waals surface area (Å²) in [4.78, 5) is 40.2. The number of nitrogens with zero attached hydrogens (tertiary/aromatic N) is 1. The van der Waals surface area contributed by atoms with Crippen LogP contribution in [0.25, 0.3) is 0 Å². The first-order valence-corrected chi connectivity index (χ1v) is 8.36. The summed E-state index contributed by atoms with van der Waals surface area (Å²) in [6, 6.07) is 9.78. The summed E-state index contributed by atoms with van der Waals surface area (Å²) in [6.07, 6.45) is 0.487. The van der Waals surface area contributed by atoms with Crippen molar-refractivity contribution in [1.82, 2.24) is 4.98 Å². The van der Waals surface area contributed by atoms with Crippen molar-refractivity contribution in [3.8, 4) is 0 Å². The number of aromatic nitrogens is 1. The Hall–Kier alpha value is -3.02. The van der Waals surface area contributed by atoms with E-state index in [4.69, 9.17) is 4.74 Å². The largest absolute Gasteiger partial charge is 0.451 e. The van der Waals surface area contributed by atoms with Crippen LogP contribution in [0.3, 0.4) is 0 Å². The second-order valence-electron chi connectivity index (χ2n) is 6.32. The molecule has 0 radical (unpaired) electrons. The highest BCUT2D eigenvalue weighted by molar-refractivity contribution is 6.02. The van der Waals surface area contributed by atoms with E-state index >= 15 is 0 Å². The first kappa shape index (κ1) is 19.3. The van der Waals surface area contributed by atoms with E-state index in [-0.39, 0.29) is 17.6 Å². The molecule has 0 aliphatic heterocycles. The zero-order valence-electron chi connectivity index (χ0n) is 15.3. The van der Waals surface area contributed by atoms with E-state index in [1.165, 1.54) is 13.1 Å². The van der Waals surface area contributed by atoms with Gasteiger partial charge in [-0.2, -0.15) is 0 Å². The molecule has 1 heterocycles. The van der Waals surface area contributed by atoms with E-state index in [1.807, 2.05) is 6.92 Å². The molecular weight excluding hydrogens is 332 g/mol. The number of amides is 1. The zero-order chi connectivity index (χ0) is 19.3. The van der Waals surface area contributed by atoms with E-state index in [2.05, 4.69) is 10.3 Å². The van der Waals surface area contributed by atoms with Crippen molar-refractivity contribution in [2.24, 2.45) is 5.92 Å². The number of esters is 1. The zero-order valence-corrected chi connectivity index (χ0v) is 15.3. The molecule has 0 bridgehead atoms. The minimum atomic E-state index is -0.931. The van der Waals surface area contributed by atoms with Crippen molar-refractivity contribution in [2.75, 3.05) is 5.32 Å². The average Bonchev–Trinajstić information content (AvgIpc) is 2.62. The van der Waals surface area contributed by atoms with Crippen LogP contribution in [0.1, 0.15) is 47.2 Å². The smallest absolute Gasteiger partial charge is 0.340 e. The number of ether oxygens (including phenoxy) is 1. The van der Waals surface area contributed by atoms with Gasteiger partial charge in [0.1, 0.15) is 0 Å². The third-order valence-corrected chi connectivity index (χ3v) is 3.76. The van der Waals surface area contributed by atoms with Crippen LogP contribution in [0.15, 0.2) is 42.6 Å². The quantitative estimate of drug-likeness (QED) is 0.635. The number of anilines is 1. The van der Waals surface area contributed by atoms with Crippen molar-refractivity contribution in [3.63, 3.8) is 0 Å². The molecule has 0 aliphatic rings. The minimum Gasteiger partial charge on any atom is -0.451 e. The molecule has 2 rings (SSSR count). The minimum absolute atomic E-state index is 0.0990. The SMILES string of the molecule is Cc1ccc(C(=O)OC(C)C(=O)c2ccc(NC(=O)C(C)C)cc2)cn1. The Morgan fingerprint density at radius 1 is 0.962 bits per heavy atom. The van der Waals surface area contributed by atoms with Gasteiger partial charge < -0.3 is 10.1 Å². The third-order valence-electron chi connectivity index (χ3n) is 3.76. The number of nitrogens with one attached hydrogen (secondary N) is 1. The highest BCUT2D eigenvalue weighted by atomic mass is 16.5. The van der Waals surface area contributed by atoms with Crippen molar-refractivity contribution < 1.29 is 19.1 Å². The normalized spacial score (nSPS) is 11.7. The Balaban J connectivity index is 2.00. The van der Waals surface area contributed by atoms with E-state index in [9.17, 15) is 14.4 Å². The molecule has 6 nitrogen and oxygen atoms in total. The predicted molar refractivity (Wildman–Crippen MR) is 98.1 cm³/mol. The number of pyridine rings is 1. The Morgan fingerprint density at radius 2 is 1.58 bits per heavy atom. The molecule has 26 heavy (non-hydrogen) atoms. The van der Waals surface area contributed by atoms with Gasteiger partial charge in [0.25, 0.3) is 0 Å². The molecule has 0 saturated heterocycles. The molecule has 0 aliphatic carbocycles. The fourth-order valence-electron chi connectivity index (χ4n) is 2.11. The molecule has 0 fully saturated rings. The van der Waals surface area contributed by atoms with E-state index in [1.54, 1.807) is 50.2 Å². The first-order chi connectivity index (χ1) is 12.3. The van der Waals surface area contributed by atoms with Crippen LogP contribution in [0.5, 0.6) is 0 Å². The van der Waals surface area contributed by atoms with Crippen LogP contribution < -0.4 is 5.32 Å². The summed E-state index contributed by atoms with van der Waals surface area (Å²) in [5, 5.41) is 2.75. The van der Waals surface area contributed by atoms with Gasteiger partial charge in [0, 0.05) is 29.1 Å². The monoisotopic (exact) mass is 354 g/mol. The van der Waals surface area contributed by atoms with Crippen molar-refractivity contribution >= 4 is 23.3 Å². The molecule has 2 aromatic rings. The number of ketones is 1. The van der Waals surface area contributed by atoms with Gasteiger partial charge >= 0.3 is 5.97 Å². The maximum absolute atomic E-state index is 12.4. The highest BCUT2D eigenvalue weighted by Crippen LogP contribution is 2.14.